The normalized spacial score (nSPS) is 14.4. The van der Waals surface area contributed by atoms with Crippen LogP contribution in [0.4, 0.5) is 0 Å². The molecule has 58 valence electrons. The Morgan fingerprint density at radius 1 is 1.60 bits per heavy atom. The Morgan fingerprint density at radius 2 is 2.00 bits per heavy atom. The van der Waals surface area contributed by atoms with Crippen LogP contribution in [0.1, 0.15) is 20.8 Å². The van der Waals surface area contributed by atoms with Gasteiger partial charge in [-0.15, -0.1) is 0 Å². The van der Waals surface area contributed by atoms with Crippen molar-refractivity contribution < 1.29 is 9.90 Å². The summed E-state index contributed by atoms with van der Waals surface area (Å²) in [5.41, 5.74) is -0.384. The van der Waals surface area contributed by atoms with E-state index < -0.39 is 6.10 Å². The Kier molecular flexibility index (Phi) is 2.78. The molecule has 2 nitrogen and oxygen atoms in total. The maximum Gasteiger partial charge on any atom is 0.184 e. The third-order valence-electron chi connectivity index (χ3n) is 1.29. The van der Waals surface area contributed by atoms with Crippen LogP contribution >= 0.6 is 0 Å². The molecule has 0 heterocycles. The number of hydrogen-bond acceptors (Lipinski definition) is 2. The predicted octanol–water partition coefficient (Wildman–Crippen LogP) is 1.15. The highest BCUT2D eigenvalue weighted by Gasteiger charge is 2.26. The minimum Gasteiger partial charge on any atom is -0.384 e. The van der Waals surface area contributed by atoms with Gasteiger partial charge in [0.15, 0.2) is 5.78 Å². The lowest BCUT2D eigenvalue weighted by Crippen LogP contribution is -2.32. The fourth-order valence-corrected chi connectivity index (χ4v) is 0.538. The topological polar surface area (TPSA) is 37.3 Å². The molecule has 0 aliphatic rings. The number of ketones is 1. The molecule has 1 atom stereocenters. The van der Waals surface area contributed by atoms with Gasteiger partial charge in [-0.05, 0) is 11.5 Å². The van der Waals surface area contributed by atoms with E-state index in [-0.39, 0.29) is 11.2 Å². The molecule has 0 bridgehead atoms. The number of aliphatic hydroxyl groups excluding tert-OH is 1. The molecule has 0 aliphatic heterocycles. The summed E-state index contributed by atoms with van der Waals surface area (Å²) in [4.78, 5) is 10.8. The number of carbonyl (C=O) groups excluding carboxylic acids is 1. The molecular weight excluding hydrogens is 128 g/mol. The summed E-state index contributed by atoms with van der Waals surface area (Å²) < 4.78 is 0. The van der Waals surface area contributed by atoms with Crippen molar-refractivity contribution >= 4 is 5.78 Å². The van der Waals surface area contributed by atoms with E-state index in [1.54, 1.807) is 20.8 Å². The number of rotatable bonds is 2. The van der Waals surface area contributed by atoms with Gasteiger partial charge in [0, 0.05) is 0 Å². The molecule has 0 aromatic heterocycles. The summed E-state index contributed by atoms with van der Waals surface area (Å²) >= 11 is 0. The summed E-state index contributed by atoms with van der Waals surface area (Å²) in [6, 6.07) is 0. The van der Waals surface area contributed by atoms with E-state index >= 15 is 0 Å². The van der Waals surface area contributed by atoms with Crippen molar-refractivity contribution in [2.45, 2.75) is 26.9 Å². The van der Waals surface area contributed by atoms with Gasteiger partial charge in [-0.1, -0.05) is 27.4 Å². The van der Waals surface area contributed by atoms with Crippen molar-refractivity contribution in [3.8, 4) is 0 Å². The Labute approximate surface area is 61.6 Å². The third-order valence-corrected chi connectivity index (χ3v) is 1.29. The SMILES string of the molecule is C=CC(=O)[C@@H](O)C(C)(C)C. The summed E-state index contributed by atoms with van der Waals surface area (Å²) in [7, 11) is 0. The fourth-order valence-electron chi connectivity index (χ4n) is 0.538. The Bertz CT molecular complexity index is 142. The second kappa shape index (κ2) is 2.97. The smallest absolute Gasteiger partial charge is 0.184 e. The van der Waals surface area contributed by atoms with Crippen molar-refractivity contribution in [2.75, 3.05) is 0 Å². The summed E-state index contributed by atoms with van der Waals surface area (Å²) in [6.45, 7) is 8.70. The van der Waals surface area contributed by atoms with Gasteiger partial charge in [0.1, 0.15) is 6.10 Å². The van der Waals surface area contributed by atoms with Crippen molar-refractivity contribution in [2.24, 2.45) is 5.41 Å². The molecule has 0 radical (unpaired) electrons. The second-order valence-electron chi connectivity index (χ2n) is 3.38. The molecule has 0 rings (SSSR count). The quantitative estimate of drug-likeness (QED) is 0.587. The van der Waals surface area contributed by atoms with Crippen LogP contribution in [0.15, 0.2) is 12.7 Å². The van der Waals surface area contributed by atoms with E-state index in [9.17, 15) is 9.90 Å². The molecule has 0 aromatic carbocycles. The molecule has 0 aliphatic carbocycles. The van der Waals surface area contributed by atoms with E-state index in [0.717, 1.165) is 6.08 Å². The molecule has 2 heteroatoms. The van der Waals surface area contributed by atoms with Crippen molar-refractivity contribution in [3.05, 3.63) is 12.7 Å². The Hall–Kier alpha value is -0.630. The van der Waals surface area contributed by atoms with Gasteiger partial charge in [-0.25, -0.2) is 0 Å². The van der Waals surface area contributed by atoms with Crippen LogP contribution in [-0.4, -0.2) is 17.0 Å². The monoisotopic (exact) mass is 142 g/mol. The van der Waals surface area contributed by atoms with Crippen LogP contribution in [0.25, 0.3) is 0 Å². The van der Waals surface area contributed by atoms with Crippen LogP contribution in [0.3, 0.4) is 0 Å². The largest absolute Gasteiger partial charge is 0.384 e. The van der Waals surface area contributed by atoms with E-state index in [1.165, 1.54) is 0 Å². The van der Waals surface area contributed by atoms with Crippen LogP contribution in [0.2, 0.25) is 0 Å². The van der Waals surface area contributed by atoms with Gasteiger partial charge in [-0.2, -0.15) is 0 Å². The highest BCUT2D eigenvalue weighted by Crippen LogP contribution is 2.19. The molecule has 0 saturated carbocycles. The standard InChI is InChI=1S/C8H14O2/c1-5-6(9)7(10)8(2,3)4/h5,7,10H,1H2,2-4H3/t7-/m1/s1. The van der Waals surface area contributed by atoms with E-state index in [4.69, 9.17) is 0 Å². The molecule has 0 fully saturated rings. The third kappa shape index (κ3) is 2.31. The summed E-state index contributed by atoms with van der Waals surface area (Å²) in [6.07, 6.45) is 0.223. The molecule has 0 unspecified atom stereocenters. The first-order valence-electron chi connectivity index (χ1n) is 3.24. The minimum absolute atomic E-state index is 0.312. The fraction of sp³-hybridized carbons (Fsp3) is 0.625. The van der Waals surface area contributed by atoms with E-state index in [2.05, 4.69) is 6.58 Å². The van der Waals surface area contributed by atoms with Crippen LogP contribution in [0, 0.1) is 5.41 Å². The first-order chi connectivity index (χ1) is 4.39. The number of aliphatic hydroxyl groups is 1. The zero-order valence-corrected chi connectivity index (χ0v) is 6.72. The maximum atomic E-state index is 10.8. The maximum absolute atomic E-state index is 10.8. The van der Waals surface area contributed by atoms with Gasteiger partial charge in [0.2, 0.25) is 0 Å². The van der Waals surface area contributed by atoms with Gasteiger partial charge < -0.3 is 5.11 Å². The average Bonchev–Trinajstić information content (AvgIpc) is 1.83. The molecule has 0 saturated heterocycles. The van der Waals surface area contributed by atoms with Gasteiger partial charge in [0.25, 0.3) is 0 Å². The van der Waals surface area contributed by atoms with Gasteiger partial charge in [-0.3, -0.25) is 4.79 Å². The highest BCUT2D eigenvalue weighted by atomic mass is 16.3. The molecular formula is C8H14O2. The molecule has 0 spiro atoms. The van der Waals surface area contributed by atoms with Crippen molar-refractivity contribution in [1.82, 2.24) is 0 Å². The lowest BCUT2D eigenvalue weighted by molar-refractivity contribution is -0.127. The van der Waals surface area contributed by atoms with Gasteiger partial charge >= 0.3 is 0 Å². The van der Waals surface area contributed by atoms with Crippen LogP contribution in [0.5, 0.6) is 0 Å². The van der Waals surface area contributed by atoms with Gasteiger partial charge in [0.05, 0.1) is 0 Å². The lowest BCUT2D eigenvalue weighted by Gasteiger charge is -2.22. The minimum atomic E-state index is -0.926. The summed E-state index contributed by atoms with van der Waals surface area (Å²) in [5, 5.41) is 9.23. The Morgan fingerprint density at radius 3 is 2.10 bits per heavy atom. The molecule has 0 aromatic rings. The van der Waals surface area contributed by atoms with Crippen LogP contribution in [-0.2, 0) is 4.79 Å². The zero-order chi connectivity index (χ0) is 8.36. The first-order valence-corrected chi connectivity index (χ1v) is 3.24. The van der Waals surface area contributed by atoms with E-state index in [1.807, 2.05) is 0 Å². The zero-order valence-electron chi connectivity index (χ0n) is 6.72. The van der Waals surface area contributed by atoms with Crippen molar-refractivity contribution in [3.63, 3.8) is 0 Å². The molecule has 0 amide bonds. The van der Waals surface area contributed by atoms with Crippen molar-refractivity contribution in [1.29, 1.82) is 0 Å². The number of hydrogen-bond donors (Lipinski definition) is 1. The van der Waals surface area contributed by atoms with Crippen LogP contribution < -0.4 is 0 Å². The lowest BCUT2D eigenvalue weighted by atomic mass is 9.87. The molecule has 10 heavy (non-hydrogen) atoms. The van der Waals surface area contributed by atoms with E-state index in [0.29, 0.717) is 0 Å². The Balaban J connectivity index is 4.21. The predicted molar refractivity (Wildman–Crippen MR) is 40.7 cm³/mol. The first kappa shape index (κ1) is 9.37. The average molecular weight is 142 g/mol. The molecule has 1 N–H and O–H groups in total. The number of carbonyl (C=O) groups is 1. The second-order valence-corrected chi connectivity index (χ2v) is 3.38. The summed E-state index contributed by atoms with van der Waals surface area (Å²) in [5.74, 6) is -0.312. The highest BCUT2D eigenvalue weighted by molar-refractivity contribution is 5.93.